The predicted molar refractivity (Wildman–Crippen MR) is 78.2 cm³/mol. The van der Waals surface area contributed by atoms with E-state index in [1.54, 1.807) is 0 Å². The number of carbonyl (C=O) groups is 1. The molecule has 0 radical (unpaired) electrons. The fourth-order valence-corrected chi connectivity index (χ4v) is 3.58. The Morgan fingerprint density at radius 1 is 1.30 bits per heavy atom. The maximum absolute atomic E-state index is 12.6. The van der Waals surface area contributed by atoms with Crippen molar-refractivity contribution >= 4 is 5.97 Å². The van der Waals surface area contributed by atoms with Crippen molar-refractivity contribution in [1.29, 1.82) is 0 Å². The third-order valence-electron chi connectivity index (χ3n) is 4.50. The summed E-state index contributed by atoms with van der Waals surface area (Å²) in [5.74, 6) is -0.0289. The smallest absolute Gasteiger partial charge is 0.328 e. The molecule has 2 unspecified atom stereocenters. The molecule has 0 bridgehead atoms. The highest BCUT2D eigenvalue weighted by Crippen LogP contribution is 2.45. The molecule has 0 saturated carbocycles. The van der Waals surface area contributed by atoms with Gasteiger partial charge in [-0.2, -0.15) is 0 Å². The molecule has 0 amide bonds. The van der Waals surface area contributed by atoms with Gasteiger partial charge in [-0.1, -0.05) is 51.1 Å². The third-order valence-corrected chi connectivity index (χ3v) is 4.50. The predicted octanol–water partition coefficient (Wildman–Crippen LogP) is 2.99. The minimum atomic E-state index is -0.431. The van der Waals surface area contributed by atoms with E-state index >= 15 is 0 Å². The van der Waals surface area contributed by atoms with Crippen LogP contribution in [0.1, 0.15) is 39.2 Å². The Morgan fingerprint density at radius 3 is 2.65 bits per heavy atom. The molecule has 2 heterocycles. The van der Waals surface area contributed by atoms with Crippen molar-refractivity contribution in [3.05, 3.63) is 35.9 Å². The summed E-state index contributed by atoms with van der Waals surface area (Å²) in [6.45, 7) is 7.38. The lowest BCUT2D eigenvalue weighted by Crippen LogP contribution is -2.50. The number of carbonyl (C=O) groups excluding carboxylic acids is 1. The second-order valence-corrected chi connectivity index (χ2v) is 7.11. The standard InChI is InChI=1S/C17H23NO2/c1-16(2,3)14-18-11-7-10-17(18,15(19)20-14)12-13-8-5-4-6-9-13/h4-6,8-9,14H,7,10-12H2,1-3H3. The molecule has 3 heteroatoms. The van der Waals surface area contributed by atoms with E-state index in [1.807, 2.05) is 18.2 Å². The monoisotopic (exact) mass is 273 g/mol. The molecular weight excluding hydrogens is 250 g/mol. The molecule has 2 aliphatic rings. The molecule has 0 aromatic heterocycles. The van der Waals surface area contributed by atoms with Crippen LogP contribution in [0, 0.1) is 5.41 Å². The van der Waals surface area contributed by atoms with Gasteiger partial charge in [-0.15, -0.1) is 0 Å². The van der Waals surface area contributed by atoms with Gasteiger partial charge in [-0.3, -0.25) is 4.90 Å². The van der Waals surface area contributed by atoms with Crippen molar-refractivity contribution in [2.24, 2.45) is 5.41 Å². The number of rotatable bonds is 2. The van der Waals surface area contributed by atoms with E-state index in [9.17, 15) is 4.79 Å². The van der Waals surface area contributed by atoms with E-state index < -0.39 is 5.54 Å². The Kier molecular flexibility index (Phi) is 3.13. The van der Waals surface area contributed by atoms with Crippen molar-refractivity contribution < 1.29 is 9.53 Å². The molecule has 3 nitrogen and oxygen atoms in total. The van der Waals surface area contributed by atoms with Crippen LogP contribution in [-0.2, 0) is 16.0 Å². The number of nitrogens with zero attached hydrogens (tertiary/aromatic N) is 1. The van der Waals surface area contributed by atoms with Crippen LogP contribution < -0.4 is 0 Å². The molecule has 2 saturated heterocycles. The fourth-order valence-electron chi connectivity index (χ4n) is 3.58. The number of esters is 1. The molecule has 0 spiro atoms. The molecule has 20 heavy (non-hydrogen) atoms. The van der Waals surface area contributed by atoms with E-state index in [-0.39, 0.29) is 17.6 Å². The molecule has 1 aromatic carbocycles. The Labute approximate surface area is 120 Å². The van der Waals surface area contributed by atoms with Gasteiger partial charge in [0.15, 0.2) is 6.23 Å². The molecule has 108 valence electrons. The Hall–Kier alpha value is -1.35. The fraction of sp³-hybridized carbons (Fsp3) is 0.588. The largest absolute Gasteiger partial charge is 0.444 e. The summed E-state index contributed by atoms with van der Waals surface area (Å²) < 4.78 is 5.76. The van der Waals surface area contributed by atoms with Gasteiger partial charge in [-0.05, 0) is 18.4 Å². The van der Waals surface area contributed by atoms with Crippen LogP contribution in [0.15, 0.2) is 30.3 Å². The highest BCUT2D eigenvalue weighted by Gasteiger charge is 2.59. The van der Waals surface area contributed by atoms with Crippen LogP contribution in [0.2, 0.25) is 0 Å². The minimum Gasteiger partial charge on any atom is -0.444 e. The van der Waals surface area contributed by atoms with Crippen molar-refractivity contribution in [3.8, 4) is 0 Å². The SMILES string of the molecule is CC(C)(C)C1OC(=O)C2(Cc3ccccc3)CCCN12. The minimum absolute atomic E-state index is 0.0289. The number of cyclic esters (lactones) is 1. The molecule has 2 aliphatic heterocycles. The number of hydrogen-bond donors (Lipinski definition) is 0. The summed E-state index contributed by atoms with van der Waals surface area (Å²) in [7, 11) is 0. The lowest BCUT2D eigenvalue weighted by atomic mass is 9.87. The zero-order valence-corrected chi connectivity index (χ0v) is 12.6. The van der Waals surface area contributed by atoms with Crippen molar-refractivity contribution in [2.45, 2.75) is 51.8 Å². The average molecular weight is 273 g/mol. The van der Waals surface area contributed by atoms with Gasteiger partial charge in [0.25, 0.3) is 0 Å². The van der Waals surface area contributed by atoms with Gasteiger partial charge < -0.3 is 4.74 Å². The summed E-state index contributed by atoms with van der Waals surface area (Å²) in [5.41, 5.74) is 0.739. The van der Waals surface area contributed by atoms with E-state index in [1.165, 1.54) is 5.56 Å². The highest BCUT2D eigenvalue weighted by atomic mass is 16.6. The summed E-state index contributed by atoms with van der Waals surface area (Å²) in [6.07, 6.45) is 2.65. The van der Waals surface area contributed by atoms with Gasteiger partial charge >= 0.3 is 5.97 Å². The van der Waals surface area contributed by atoms with Crippen molar-refractivity contribution in [1.82, 2.24) is 4.90 Å². The van der Waals surface area contributed by atoms with Crippen LogP contribution in [0.5, 0.6) is 0 Å². The lowest BCUT2D eigenvalue weighted by Gasteiger charge is -2.35. The molecule has 3 rings (SSSR count). The first-order valence-corrected chi connectivity index (χ1v) is 7.45. The Bertz CT molecular complexity index is 505. The van der Waals surface area contributed by atoms with Crippen LogP contribution in [0.4, 0.5) is 0 Å². The summed E-state index contributed by atoms with van der Waals surface area (Å²) in [5, 5.41) is 0. The lowest BCUT2D eigenvalue weighted by molar-refractivity contribution is -0.149. The quantitative estimate of drug-likeness (QED) is 0.776. The molecule has 0 N–H and O–H groups in total. The first kappa shape index (κ1) is 13.6. The van der Waals surface area contributed by atoms with E-state index in [0.717, 1.165) is 25.8 Å². The first-order valence-electron chi connectivity index (χ1n) is 7.45. The van der Waals surface area contributed by atoms with Gasteiger partial charge in [0.05, 0.1) is 0 Å². The second kappa shape index (κ2) is 4.59. The first-order chi connectivity index (χ1) is 9.43. The van der Waals surface area contributed by atoms with Gasteiger partial charge in [0.1, 0.15) is 5.54 Å². The van der Waals surface area contributed by atoms with Crippen molar-refractivity contribution in [3.63, 3.8) is 0 Å². The van der Waals surface area contributed by atoms with E-state index in [2.05, 4.69) is 37.8 Å². The van der Waals surface area contributed by atoms with Gasteiger partial charge in [0.2, 0.25) is 0 Å². The van der Waals surface area contributed by atoms with Crippen LogP contribution in [-0.4, -0.2) is 29.2 Å². The number of fused-ring (bicyclic) bond motifs is 1. The summed E-state index contributed by atoms with van der Waals surface area (Å²) >= 11 is 0. The molecule has 0 aliphatic carbocycles. The normalized spacial score (nSPS) is 30.4. The van der Waals surface area contributed by atoms with Crippen LogP contribution in [0.25, 0.3) is 0 Å². The maximum atomic E-state index is 12.6. The second-order valence-electron chi connectivity index (χ2n) is 7.11. The van der Waals surface area contributed by atoms with Gasteiger partial charge in [-0.25, -0.2) is 4.79 Å². The summed E-state index contributed by atoms with van der Waals surface area (Å²) in [4.78, 5) is 14.9. The Balaban J connectivity index is 1.93. The average Bonchev–Trinajstić information content (AvgIpc) is 2.90. The van der Waals surface area contributed by atoms with E-state index in [0.29, 0.717) is 0 Å². The zero-order valence-electron chi connectivity index (χ0n) is 12.6. The highest BCUT2D eigenvalue weighted by molar-refractivity contribution is 5.84. The Morgan fingerprint density at radius 2 is 2.00 bits per heavy atom. The number of benzene rings is 1. The maximum Gasteiger partial charge on any atom is 0.328 e. The summed E-state index contributed by atoms with van der Waals surface area (Å²) in [6, 6.07) is 10.3. The molecular formula is C17H23NO2. The zero-order chi connectivity index (χ0) is 14.4. The topological polar surface area (TPSA) is 29.5 Å². The molecule has 2 atom stereocenters. The van der Waals surface area contributed by atoms with Crippen LogP contribution >= 0.6 is 0 Å². The number of hydrogen-bond acceptors (Lipinski definition) is 3. The molecule has 1 aromatic rings. The van der Waals surface area contributed by atoms with E-state index in [4.69, 9.17) is 4.74 Å². The molecule has 2 fully saturated rings. The number of ether oxygens (including phenoxy) is 1. The van der Waals surface area contributed by atoms with Gasteiger partial charge in [0, 0.05) is 18.4 Å². The van der Waals surface area contributed by atoms with Crippen molar-refractivity contribution in [2.75, 3.05) is 6.54 Å². The third kappa shape index (κ3) is 2.05. The van der Waals surface area contributed by atoms with Crippen LogP contribution in [0.3, 0.4) is 0 Å².